The van der Waals surface area contributed by atoms with Gasteiger partial charge in [-0.3, -0.25) is 0 Å². The maximum Gasteiger partial charge on any atom is 0.126 e. The third-order valence-electron chi connectivity index (χ3n) is 4.46. The molecule has 1 fully saturated rings. The van der Waals surface area contributed by atoms with Gasteiger partial charge in [0.1, 0.15) is 5.75 Å². The van der Waals surface area contributed by atoms with Gasteiger partial charge in [0.05, 0.1) is 7.11 Å². The van der Waals surface area contributed by atoms with Crippen molar-refractivity contribution in [3.63, 3.8) is 0 Å². The Morgan fingerprint density at radius 3 is 2.60 bits per heavy atom. The van der Waals surface area contributed by atoms with Gasteiger partial charge in [0, 0.05) is 16.1 Å². The fraction of sp³-hybridized carbons (Fsp3) is 0.647. The van der Waals surface area contributed by atoms with Crippen molar-refractivity contribution in [2.75, 3.05) is 13.7 Å². The number of methoxy groups -OCH3 is 1. The topological polar surface area (TPSA) is 21.3 Å². The lowest BCUT2D eigenvalue weighted by Gasteiger charge is -2.36. The normalized spacial score (nSPS) is 16.9. The van der Waals surface area contributed by atoms with Gasteiger partial charge >= 0.3 is 0 Å². The van der Waals surface area contributed by atoms with Crippen LogP contribution in [0.1, 0.15) is 55.3 Å². The number of hydrogen-bond donors (Lipinski definition) is 1. The molecule has 2 rings (SSSR count). The molecular formula is C17H26BrNO. The van der Waals surface area contributed by atoms with Gasteiger partial charge in [-0.25, -0.2) is 0 Å². The molecule has 1 atom stereocenters. The lowest BCUT2D eigenvalue weighted by atomic mass is 9.75. The number of rotatable bonds is 6. The van der Waals surface area contributed by atoms with E-state index in [-0.39, 0.29) is 0 Å². The van der Waals surface area contributed by atoms with Gasteiger partial charge in [-0.05, 0) is 62.8 Å². The number of hydrogen-bond acceptors (Lipinski definition) is 2. The SMILES string of the molecule is CCCNC(c1c(C)c(Br)cc(C)c1OC)C1CCC1. The van der Waals surface area contributed by atoms with E-state index in [0.717, 1.165) is 24.6 Å². The zero-order chi connectivity index (χ0) is 14.7. The largest absolute Gasteiger partial charge is 0.496 e. The molecule has 1 aromatic carbocycles. The second-order valence-corrected chi connectivity index (χ2v) is 6.72. The first kappa shape index (κ1) is 15.8. The summed E-state index contributed by atoms with van der Waals surface area (Å²) in [6.07, 6.45) is 5.19. The van der Waals surface area contributed by atoms with Crippen LogP contribution in [-0.2, 0) is 0 Å². The molecule has 0 aromatic heterocycles. The summed E-state index contributed by atoms with van der Waals surface area (Å²) < 4.78 is 6.92. The van der Waals surface area contributed by atoms with Crippen LogP contribution in [0.3, 0.4) is 0 Å². The van der Waals surface area contributed by atoms with Crippen molar-refractivity contribution in [2.45, 2.75) is 52.5 Å². The van der Waals surface area contributed by atoms with Crippen molar-refractivity contribution < 1.29 is 4.74 Å². The highest BCUT2D eigenvalue weighted by Gasteiger charge is 2.32. The summed E-state index contributed by atoms with van der Waals surface area (Å²) in [7, 11) is 1.79. The number of nitrogens with one attached hydrogen (secondary N) is 1. The lowest BCUT2D eigenvalue weighted by Crippen LogP contribution is -2.33. The minimum atomic E-state index is 0.426. The first-order valence-corrected chi connectivity index (χ1v) is 8.46. The lowest BCUT2D eigenvalue weighted by molar-refractivity contribution is 0.226. The van der Waals surface area contributed by atoms with Crippen LogP contribution in [0.25, 0.3) is 0 Å². The quantitative estimate of drug-likeness (QED) is 0.794. The van der Waals surface area contributed by atoms with Crippen molar-refractivity contribution in [3.05, 3.63) is 27.2 Å². The van der Waals surface area contributed by atoms with Crippen LogP contribution in [0, 0.1) is 19.8 Å². The molecule has 0 amide bonds. The molecule has 0 bridgehead atoms. The molecule has 0 radical (unpaired) electrons. The molecule has 1 N–H and O–H groups in total. The van der Waals surface area contributed by atoms with Crippen molar-refractivity contribution in [1.29, 1.82) is 0 Å². The van der Waals surface area contributed by atoms with E-state index in [1.165, 1.54) is 40.4 Å². The summed E-state index contributed by atoms with van der Waals surface area (Å²) in [5.74, 6) is 1.81. The van der Waals surface area contributed by atoms with E-state index >= 15 is 0 Å². The Labute approximate surface area is 131 Å². The Morgan fingerprint density at radius 1 is 1.40 bits per heavy atom. The highest BCUT2D eigenvalue weighted by atomic mass is 79.9. The van der Waals surface area contributed by atoms with Gasteiger partial charge < -0.3 is 10.1 Å². The third-order valence-corrected chi connectivity index (χ3v) is 5.28. The predicted molar refractivity (Wildman–Crippen MR) is 88.5 cm³/mol. The molecule has 0 saturated heterocycles. The standard InChI is InChI=1S/C17H26BrNO/c1-5-9-19-16(13-7-6-8-13)15-12(3)14(18)10-11(2)17(15)20-4/h10,13,16,19H,5-9H2,1-4H3. The van der Waals surface area contributed by atoms with E-state index in [2.05, 4.69) is 48.1 Å². The molecule has 3 heteroatoms. The van der Waals surface area contributed by atoms with Crippen LogP contribution < -0.4 is 10.1 Å². The van der Waals surface area contributed by atoms with Crippen molar-refractivity contribution in [2.24, 2.45) is 5.92 Å². The van der Waals surface area contributed by atoms with E-state index in [9.17, 15) is 0 Å². The molecule has 1 unspecified atom stereocenters. The van der Waals surface area contributed by atoms with E-state index in [4.69, 9.17) is 4.74 Å². The summed E-state index contributed by atoms with van der Waals surface area (Å²) in [4.78, 5) is 0. The Morgan fingerprint density at radius 2 is 2.10 bits per heavy atom. The van der Waals surface area contributed by atoms with Crippen LogP contribution in [-0.4, -0.2) is 13.7 Å². The number of ether oxygens (including phenoxy) is 1. The van der Waals surface area contributed by atoms with Crippen LogP contribution in [0.2, 0.25) is 0 Å². The van der Waals surface area contributed by atoms with Crippen LogP contribution >= 0.6 is 15.9 Å². The zero-order valence-corrected chi connectivity index (χ0v) is 14.6. The summed E-state index contributed by atoms with van der Waals surface area (Å²) in [6, 6.07) is 2.59. The van der Waals surface area contributed by atoms with E-state index in [1.807, 2.05) is 0 Å². The first-order valence-electron chi connectivity index (χ1n) is 7.67. The van der Waals surface area contributed by atoms with Gasteiger partial charge in [-0.2, -0.15) is 0 Å². The highest BCUT2D eigenvalue weighted by molar-refractivity contribution is 9.10. The van der Waals surface area contributed by atoms with Crippen molar-refractivity contribution in [1.82, 2.24) is 5.32 Å². The Hall–Kier alpha value is -0.540. The van der Waals surface area contributed by atoms with E-state index in [1.54, 1.807) is 7.11 Å². The van der Waals surface area contributed by atoms with E-state index in [0.29, 0.717) is 6.04 Å². The smallest absolute Gasteiger partial charge is 0.126 e. The summed E-state index contributed by atoms with van der Waals surface area (Å²) in [6.45, 7) is 7.61. The molecule has 0 heterocycles. The fourth-order valence-corrected chi connectivity index (χ4v) is 3.66. The molecule has 1 aliphatic carbocycles. The van der Waals surface area contributed by atoms with Crippen LogP contribution in [0.4, 0.5) is 0 Å². The van der Waals surface area contributed by atoms with Crippen molar-refractivity contribution in [3.8, 4) is 5.75 Å². The molecular weight excluding hydrogens is 314 g/mol. The molecule has 112 valence electrons. The number of halogens is 1. The van der Waals surface area contributed by atoms with Gasteiger partial charge in [0.2, 0.25) is 0 Å². The predicted octanol–water partition coefficient (Wildman–Crippen LogP) is 4.92. The maximum absolute atomic E-state index is 5.73. The molecule has 1 saturated carbocycles. The van der Waals surface area contributed by atoms with Gasteiger partial charge in [0.25, 0.3) is 0 Å². The Balaban J connectivity index is 2.44. The Bertz CT molecular complexity index is 469. The van der Waals surface area contributed by atoms with E-state index < -0.39 is 0 Å². The second kappa shape index (κ2) is 6.95. The van der Waals surface area contributed by atoms with Gasteiger partial charge in [-0.1, -0.05) is 29.3 Å². The Kier molecular flexibility index (Phi) is 5.50. The second-order valence-electron chi connectivity index (χ2n) is 5.87. The van der Waals surface area contributed by atoms with Gasteiger partial charge in [-0.15, -0.1) is 0 Å². The summed E-state index contributed by atoms with van der Waals surface area (Å²) in [5.41, 5.74) is 3.88. The zero-order valence-electron chi connectivity index (χ0n) is 13.1. The van der Waals surface area contributed by atoms with Crippen LogP contribution in [0.5, 0.6) is 5.75 Å². The third kappa shape index (κ3) is 3.04. The molecule has 2 nitrogen and oxygen atoms in total. The number of aryl methyl sites for hydroxylation is 1. The fourth-order valence-electron chi connectivity index (χ4n) is 3.10. The maximum atomic E-state index is 5.73. The average Bonchev–Trinajstić information content (AvgIpc) is 2.36. The summed E-state index contributed by atoms with van der Waals surface area (Å²) in [5, 5.41) is 3.76. The molecule has 1 aromatic rings. The van der Waals surface area contributed by atoms with Gasteiger partial charge in [0.15, 0.2) is 0 Å². The number of benzene rings is 1. The van der Waals surface area contributed by atoms with Crippen LogP contribution in [0.15, 0.2) is 10.5 Å². The molecule has 0 aliphatic heterocycles. The minimum absolute atomic E-state index is 0.426. The molecule has 1 aliphatic rings. The minimum Gasteiger partial charge on any atom is -0.496 e. The summed E-state index contributed by atoms with van der Waals surface area (Å²) >= 11 is 3.70. The average molecular weight is 340 g/mol. The molecule has 20 heavy (non-hydrogen) atoms. The molecule has 0 spiro atoms. The highest BCUT2D eigenvalue weighted by Crippen LogP contribution is 2.44. The first-order chi connectivity index (χ1) is 9.60. The van der Waals surface area contributed by atoms with Crippen molar-refractivity contribution >= 4 is 15.9 Å². The monoisotopic (exact) mass is 339 g/mol.